The molecule has 0 spiro atoms. The Morgan fingerprint density at radius 2 is 0.778 bits per heavy atom. The molecule has 0 heterocycles. The summed E-state index contributed by atoms with van der Waals surface area (Å²) in [6.45, 7) is 8.27. The third-order valence-corrected chi connectivity index (χ3v) is 6.38. The third-order valence-electron chi connectivity index (χ3n) is 6.38. The Balaban J connectivity index is 4.52. The van der Waals surface area contributed by atoms with Gasteiger partial charge in [-0.2, -0.15) is 0 Å². The quantitative estimate of drug-likeness (QED) is 0.179. The van der Waals surface area contributed by atoms with Crippen LogP contribution in [0, 0.1) is 11.8 Å². The molecule has 0 aliphatic carbocycles. The molecule has 0 aliphatic heterocycles. The van der Waals surface area contributed by atoms with Crippen LogP contribution in [0.4, 0.5) is 0 Å². The molecule has 0 fully saturated rings. The zero-order chi connectivity index (χ0) is 20.2. The highest BCUT2D eigenvalue weighted by Gasteiger charge is 2.20. The summed E-state index contributed by atoms with van der Waals surface area (Å²) in [6.07, 6.45) is 26.1. The molecule has 0 aromatic heterocycles. The summed E-state index contributed by atoms with van der Waals surface area (Å²) >= 11 is 0. The Labute approximate surface area is 174 Å². The molecule has 164 valence electrons. The number of unbranched alkanes of at least 4 members (excludes halogenated alkanes) is 10. The lowest BCUT2D eigenvalue weighted by Crippen LogP contribution is -2.19. The van der Waals surface area contributed by atoms with Crippen LogP contribution in [0.15, 0.2) is 0 Å². The number of hydrogen-bond acceptors (Lipinski definition) is 1. The van der Waals surface area contributed by atoms with Crippen LogP contribution in [0.1, 0.15) is 136 Å². The van der Waals surface area contributed by atoms with Crippen molar-refractivity contribution < 1.29 is 0 Å². The van der Waals surface area contributed by atoms with Crippen LogP contribution in [0.3, 0.4) is 0 Å². The Kier molecular flexibility index (Phi) is 20.7. The molecule has 0 amide bonds. The van der Waals surface area contributed by atoms with Gasteiger partial charge in [-0.15, -0.1) is 0 Å². The molecule has 2 atom stereocenters. The van der Waals surface area contributed by atoms with Gasteiger partial charge in [0, 0.05) is 0 Å². The van der Waals surface area contributed by atoms with Gasteiger partial charge in [-0.3, -0.25) is 0 Å². The predicted octanol–water partition coefficient (Wildman–Crippen LogP) is 8.86. The molecule has 0 saturated carbocycles. The normalized spacial score (nSPS) is 14.0. The lowest BCUT2D eigenvalue weighted by Gasteiger charge is -2.28. The zero-order valence-electron chi connectivity index (χ0n) is 20.0. The fourth-order valence-electron chi connectivity index (χ4n) is 4.58. The van der Waals surface area contributed by atoms with Gasteiger partial charge in [0.2, 0.25) is 0 Å². The van der Waals surface area contributed by atoms with Crippen LogP contribution in [0.25, 0.3) is 0 Å². The molecule has 0 radical (unpaired) electrons. The van der Waals surface area contributed by atoms with Crippen LogP contribution < -0.4 is 0 Å². The first-order valence-corrected chi connectivity index (χ1v) is 12.8. The monoisotopic (exact) mass is 381 g/mol. The van der Waals surface area contributed by atoms with E-state index < -0.39 is 0 Å². The molecular weight excluding hydrogens is 326 g/mol. The minimum absolute atomic E-state index is 0.994. The Hall–Kier alpha value is -0.0400. The van der Waals surface area contributed by atoms with E-state index in [0.717, 1.165) is 11.8 Å². The fraction of sp³-hybridized carbons (Fsp3) is 1.00. The van der Waals surface area contributed by atoms with Gasteiger partial charge in [-0.1, -0.05) is 124 Å². The summed E-state index contributed by atoms with van der Waals surface area (Å²) in [4.78, 5) is 2.37. The molecule has 2 unspecified atom stereocenters. The van der Waals surface area contributed by atoms with Crippen LogP contribution in [0.5, 0.6) is 0 Å². The van der Waals surface area contributed by atoms with E-state index in [-0.39, 0.29) is 0 Å². The molecule has 0 saturated heterocycles. The van der Waals surface area contributed by atoms with E-state index in [2.05, 4.69) is 39.8 Å². The largest absolute Gasteiger partial charge is 0.309 e. The van der Waals surface area contributed by atoms with E-state index in [1.807, 2.05) is 0 Å². The average molecular weight is 382 g/mol. The Bertz CT molecular complexity index is 273. The van der Waals surface area contributed by atoms with Gasteiger partial charge in [0.25, 0.3) is 0 Å². The summed E-state index contributed by atoms with van der Waals surface area (Å²) in [5.74, 6) is 2.00. The van der Waals surface area contributed by atoms with Gasteiger partial charge in [-0.05, 0) is 45.3 Å². The number of hydrogen-bond donors (Lipinski definition) is 0. The highest BCUT2D eigenvalue weighted by Crippen LogP contribution is 2.32. The zero-order valence-corrected chi connectivity index (χ0v) is 20.0. The van der Waals surface area contributed by atoms with Crippen LogP contribution >= 0.6 is 0 Å². The Morgan fingerprint density at radius 1 is 0.444 bits per heavy atom. The molecule has 0 bridgehead atoms. The van der Waals surface area contributed by atoms with Crippen molar-refractivity contribution in [1.82, 2.24) is 4.90 Å². The van der Waals surface area contributed by atoms with Crippen molar-refractivity contribution in [1.29, 1.82) is 0 Å². The van der Waals surface area contributed by atoms with Crippen molar-refractivity contribution in [3.8, 4) is 0 Å². The van der Waals surface area contributed by atoms with E-state index in [0.29, 0.717) is 0 Å². The molecule has 0 rings (SSSR count). The minimum atomic E-state index is 0.994. The molecule has 0 N–H and O–H groups in total. The van der Waals surface area contributed by atoms with Gasteiger partial charge in [-0.25, -0.2) is 0 Å². The maximum Gasteiger partial charge on any atom is -0.00247 e. The maximum atomic E-state index is 2.37. The van der Waals surface area contributed by atoms with E-state index in [4.69, 9.17) is 0 Å². The molecule has 0 aromatic carbocycles. The van der Waals surface area contributed by atoms with Gasteiger partial charge < -0.3 is 4.90 Å². The maximum absolute atomic E-state index is 2.37. The van der Waals surface area contributed by atoms with Gasteiger partial charge in [0.05, 0.1) is 0 Å². The first kappa shape index (κ1) is 27.0. The predicted molar refractivity (Wildman–Crippen MR) is 126 cm³/mol. The van der Waals surface area contributed by atoms with Crippen LogP contribution in [-0.2, 0) is 0 Å². The lowest BCUT2D eigenvalue weighted by molar-refractivity contribution is 0.231. The SMILES string of the molecule is CCCCCCCCC(CCCCCC)C(CCCCC)CCCN(C)C. The average Bonchev–Trinajstić information content (AvgIpc) is 2.65. The molecule has 0 aromatic rings. The van der Waals surface area contributed by atoms with Crippen molar-refractivity contribution in [3.63, 3.8) is 0 Å². The van der Waals surface area contributed by atoms with Gasteiger partial charge >= 0.3 is 0 Å². The van der Waals surface area contributed by atoms with Crippen molar-refractivity contribution in [2.24, 2.45) is 11.8 Å². The van der Waals surface area contributed by atoms with E-state index >= 15 is 0 Å². The second-order valence-electron chi connectivity index (χ2n) is 9.37. The van der Waals surface area contributed by atoms with Crippen molar-refractivity contribution in [2.75, 3.05) is 20.6 Å². The van der Waals surface area contributed by atoms with E-state index in [1.54, 1.807) is 0 Å². The van der Waals surface area contributed by atoms with Gasteiger partial charge in [0.15, 0.2) is 0 Å². The summed E-state index contributed by atoms with van der Waals surface area (Å²) in [5.41, 5.74) is 0. The van der Waals surface area contributed by atoms with Crippen LogP contribution in [-0.4, -0.2) is 25.5 Å². The third kappa shape index (κ3) is 17.8. The van der Waals surface area contributed by atoms with E-state index in [1.165, 1.54) is 122 Å². The first-order valence-electron chi connectivity index (χ1n) is 12.8. The Morgan fingerprint density at radius 3 is 1.26 bits per heavy atom. The standard InChI is InChI=1S/C26H55N/c1-6-9-12-14-15-18-22-25(21-17-13-10-7-2)26(20-16-11-8-3)23-19-24-27(4)5/h25-26H,6-24H2,1-5H3. The fourth-order valence-corrected chi connectivity index (χ4v) is 4.58. The van der Waals surface area contributed by atoms with Gasteiger partial charge in [0.1, 0.15) is 0 Å². The second kappa shape index (κ2) is 20.7. The highest BCUT2D eigenvalue weighted by atomic mass is 15.0. The smallest absolute Gasteiger partial charge is 0.00247 e. The van der Waals surface area contributed by atoms with Crippen LogP contribution in [0.2, 0.25) is 0 Å². The van der Waals surface area contributed by atoms with Crippen molar-refractivity contribution >= 4 is 0 Å². The molecule has 1 heteroatoms. The second-order valence-corrected chi connectivity index (χ2v) is 9.37. The number of rotatable bonds is 21. The topological polar surface area (TPSA) is 3.24 Å². The van der Waals surface area contributed by atoms with Crippen molar-refractivity contribution in [3.05, 3.63) is 0 Å². The molecule has 27 heavy (non-hydrogen) atoms. The lowest BCUT2D eigenvalue weighted by atomic mass is 9.78. The summed E-state index contributed by atoms with van der Waals surface area (Å²) in [7, 11) is 4.45. The van der Waals surface area contributed by atoms with Crippen molar-refractivity contribution in [2.45, 2.75) is 136 Å². The molecule has 1 nitrogen and oxygen atoms in total. The molecular formula is C26H55N. The molecule has 0 aliphatic rings. The summed E-state index contributed by atoms with van der Waals surface area (Å²) in [5, 5.41) is 0. The summed E-state index contributed by atoms with van der Waals surface area (Å²) in [6, 6.07) is 0. The first-order chi connectivity index (χ1) is 13.2. The summed E-state index contributed by atoms with van der Waals surface area (Å²) < 4.78 is 0. The highest BCUT2D eigenvalue weighted by molar-refractivity contribution is 4.72. The minimum Gasteiger partial charge on any atom is -0.309 e. The number of nitrogens with zero attached hydrogens (tertiary/aromatic N) is 1. The van der Waals surface area contributed by atoms with E-state index in [9.17, 15) is 0 Å².